The molecular weight excluding hydrogens is 297 g/mol. The molecule has 1 aromatic rings. The molecule has 0 aliphatic carbocycles. The standard InChI is InChI=1S/C18H22FNO3/c1-10-9-20-5-4-12-6-17(23-3)16(22)8-14(12)15(20)7-13(10)18(19)11(2)21/h6,8,15,18,22H,4-5,7,9H2,1-3H3. The van der Waals surface area contributed by atoms with Crippen LogP contribution in [-0.2, 0) is 11.2 Å². The number of Topliss-reactive ketones (excluding diaryl/α,β-unsaturated/α-hetero) is 1. The van der Waals surface area contributed by atoms with Gasteiger partial charge in [-0.05, 0) is 55.5 Å². The third-order valence-corrected chi connectivity index (χ3v) is 4.97. The monoisotopic (exact) mass is 319 g/mol. The predicted octanol–water partition coefficient (Wildman–Crippen LogP) is 2.95. The Labute approximate surface area is 135 Å². The minimum atomic E-state index is -1.52. The molecular formula is C18H22FNO3. The molecule has 2 aliphatic rings. The summed E-state index contributed by atoms with van der Waals surface area (Å²) in [6.45, 7) is 4.75. The number of hydrogen-bond donors (Lipinski definition) is 1. The van der Waals surface area contributed by atoms with Crippen LogP contribution in [0.1, 0.15) is 37.4 Å². The van der Waals surface area contributed by atoms with Crippen LogP contribution >= 0.6 is 0 Å². The average Bonchev–Trinajstić information content (AvgIpc) is 2.52. The summed E-state index contributed by atoms with van der Waals surface area (Å²) in [4.78, 5) is 13.7. The van der Waals surface area contributed by atoms with E-state index in [-0.39, 0.29) is 11.8 Å². The molecule has 0 radical (unpaired) electrons. The lowest BCUT2D eigenvalue weighted by Crippen LogP contribution is -2.41. The van der Waals surface area contributed by atoms with Crippen molar-refractivity contribution in [3.05, 3.63) is 34.4 Å². The van der Waals surface area contributed by atoms with E-state index in [2.05, 4.69) is 4.90 Å². The molecule has 0 bridgehead atoms. The van der Waals surface area contributed by atoms with Crippen molar-refractivity contribution in [3.8, 4) is 11.5 Å². The van der Waals surface area contributed by atoms with Gasteiger partial charge >= 0.3 is 0 Å². The number of halogens is 1. The van der Waals surface area contributed by atoms with Crippen LogP contribution < -0.4 is 4.74 Å². The van der Waals surface area contributed by atoms with Crippen molar-refractivity contribution in [1.82, 2.24) is 4.90 Å². The fraction of sp³-hybridized carbons (Fsp3) is 0.500. The lowest BCUT2D eigenvalue weighted by atomic mass is 9.82. The van der Waals surface area contributed by atoms with Gasteiger partial charge in [-0.25, -0.2) is 4.39 Å². The summed E-state index contributed by atoms with van der Waals surface area (Å²) in [6, 6.07) is 3.60. The summed E-state index contributed by atoms with van der Waals surface area (Å²) in [7, 11) is 1.53. The van der Waals surface area contributed by atoms with Crippen molar-refractivity contribution in [1.29, 1.82) is 0 Å². The van der Waals surface area contributed by atoms with Gasteiger partial charge < -0.3 is 9.84 Å². The van der Waals surface area contributed by atoms with E-state index < -0.39 is 12.0 Å². The number of fused-ring (bicyclic) bond motifs is 3. The maximum atomic E-state index is 14.3. The van der Waals surface area contributed by atoms with Gasteiger partial charge in [-0.15, -0.1) is 0 Å². The first kappa shape index (κ1) is 16.0. The van der Waals surface area contributed by atoms with E-state index in [9.17, 15) is 14.3 Å². The van der Waals surface area contributed by atoms with Crippen molar-refractivity contribution in [3.63, 3.8) is 0 Å². The Morgan fingerprint density at radius 1 is 1.48 bits per heavy atom. The lowest BCUT2D eigenvalue weighted by molar-refractivity contribution is -0.120. The third kappa shape index (κ3) is 2.74. The fourth-order valence-electron chi connectivity index (χ4n) is 3.72. The van der Waals surface area contributed by atoms with Crippen LogP contribution in [-0.4, -0.2) is 42.2 Å². The minimum Gasteiger partial charge on any atom is -0.504 e. The van der Waals surface area contributed by atoms with Crippen molar-refractivity contribution in [2.24, 2.45) is 0 Å². The zero-order chi connectivity index (χ0) is 16.7. The molecule has 124 valence electrons. The minimum absolute atomic E-state index is 0.00635. The number of aromatic hydroxyl groups is 1. The molecule has 0 aromatic heterocycles. The molecule has 0 fully saturated rings. The number of rotatable bonds is 3. The van der Waals surface area contributed by atoms with E-state index in [1.165, 1.54) is 14.0 Å². The van der Waals surface area contributed by atoms with E-state index in [0.717, 1.165) is 29.7 Å². The number of carbonyl (C=O) groups is 1. The largest absolute Gasteiger partial charge is 0.504 e. The van der Waals surface area contributed by atoms with Crippen LogP contribution in [0.15, 0.2) is 23.3 Å². The normalized spacial score (nSPS) is 22.3. The summed E-state index contributed by atoms with van der Waals surface area (Å²) in [6.07, 6.45) is -0.156. The number of phenols is 1. The van der Waals surface area contributed by atoms with E-state index in [4.69, 9.17) is 4.74 Å². The van der Waals surface area contributed by atoms with Gasteiger partial charge in [-0.2, -0.15) is 0 Å². The Morgan fingerprint density at radius 3 is 2.87 bits per heavy atom. The highest BCUT2D eigenvalue weighted by atomic mass is 19.1. The summed E-state index contributed by atoms with van der Waals surface area (Å²) in [5.74, 6) is 0.123. The maximum absolute atomic E-state index is 14.3. The SMILES string of the molecule is COc1cc2c(cc1O)C1CC(C(F)C(C)=O)=C(C)CN1CC2. The van der Waals surface area contributed by atoms with Gasteiger partial charge in [0, 0.05) is 19.1 Å². The van der Waals surface area contributed by atoms with Gasteiger partial charge in [-0.1, -0.05) is 5.57 Å². The Hall–Kier alpha value is -1.88. The number of alkyl halides is 1. The zero-order valence-corrected chi connectivity index (χ0v) is 13.7. The number of hydrogen-bond acceptors (Lipinski definition) is 4. The smallest absolute Gasteiger partial charge is 0.179 e. The van der Waals surface area contributed by atoms with E-state index in [0.29, 0.717) is 24.3 Å². The average molecular weight is 319 g/mol. The first-order chi connectivity index (χ1) is 10.9. The van der Waals surface area contributed by atoms with Crippen molar-refractivity contribution >= 4 is 5.78 Å². The summed E-state index contributed by atoms with van der Waals surface area (Å²) in [5, 5.41) is 10.1. The predicted molar refractivity (Wildman–Crippen MR) is 85.6 cm³/mol. The number of benzene rings is 1. The van der Waals surface area contributed by atoms with Crippen LogP contribution in [0, 0.1) is 0 Å². The van der Waals surface area contributed by atoms with E-state index in [1.807, 2.05) is 13.0 Å². The van der Waals surface area contributed by atoms with Gasteiger partial charge in [0.2, 0.25) is 0 Å². The molecule has 2 heterocycles. The molecule has 2 atom stereocenters. The molecule has 5 heteroatoms. The molecule has 1 aromatic carbocycles. The summed E-state index contributed by atoms with van der Waals surface area (Å²) >= 11 is 0. The van der Waals surface area contributed by atoms with Gasteiger partial charge in [0.05, 0.1) is 7.11 Å². The second-order valence-electron chi connectivity index (χ2n) is 6.44. The van der Waals surface area contributed by atoms with Gasteiger partial charge in [0.1, 0.15) is 0 Å². The Bertz CT molecular complexity index is 683. The van der Waals surface area contributed by atoms with Crippen LogP contribution in [0.3, 0.4) is 0 Å². The van der Waals surface area contributed by atoms with Crippen LogP contribution in [0.5, 0.6) is 11.5 Å². The molecule has 0 spiro atoms. The third-order valence-electron chi connectivity index (χ3n) is 4.97. The molecule has 1 N–H and O–H groups in total. The second-order valence-corrected chi connectivity index (χ2v) is 6.44. The van der Waals surface area contributed by atoms with Crippen LogP contribution in [0.4, 0.5) is 4.39 Å². The fourth-order valence-corrected chi connectivity index (χ4v) is 3.72. The first-order valence-electron chi connectivity index (χ1n) is 7.89. The van der Waals surface area contributed by atoms with Crippen LogP contribution in [0.2, 0.25) is 0 Å². The summed E-state index contributed by atoms with van der Waals surface area (Å²) < 4.78 is 19.5. The Kier molecular flexibility index (Phi) is 4.15. The topological polar surface area (TPSA) is 49.8 Å². The van der Waals surface area contributed by atoms with Crippen LogP contribution in [0.25, 0.3) is 0 Å². The molecule has 0 saturated carbocycles. The molecule has 0 amide bonds. The number of carbonyl (C=O) groups excluding carboxylic acids is 1. The number of nitrogens with zero attached hydrogens (tertiary/aromatic N) is 1. The molecule has 0 saturated heterocycles. The first-order valence-corrected chi connectivity index (χ1v) is 7.89. The quantitative estimate of drug-likeness (QED) is 0.870. The summed E-state index contributed by atoms with van der Waals surface area (Å²) in [5.41, 5.74) is 3.68. The Balaban J connectivity index is 1.99. The highest BCUT2D eigenvalue weighted by Gasteiger charge is 2.36. The molecule has 4 nitrogen and oxygen atoms in total. The highest BCUT2D eigenvalue weighted by Crippen LogP contribution is 2.43. The van der Waals surface area contributed by atoms with Gasteiger partial charge in [-0.3, -0.25) is 9.69 Å². The number of ketones is 1. The zero-order valence-electron chi connectivity index (χ0n) is 13.7. The number of ether oxygens (including phenoxy) is 1. The van der Waals surface area contributed by atoms with Crippen molar-refractivity contribution < 1.29 is 19.0 Å². The Morgan fingerprint density at radius 2 is 2.22 bits per heavy atom. The highest BCUT2D eigenvalue weighted by molar-refractivity contribution is 5.83. The molecule has 2 aliphatic heterocycles. The van der Waals surface area contributed by atoms with E-state index >= 15 is 0 Å². The number of methoxy groups -OCH3 is 1. The van der Waals surface area contributed by atoms with Gasteiger partial charge in [0.15, 0.2) is 23.5 Å². The molecule has 3 rings (SSSR count). The second kappa shape index (κ2) is 5.96. The van der Waals surface area contributed by atoms with Crippen molar-refractivity contribution in [2.45, 2.75) is 38.9 Å². The molecule has 2 unspecified atom stereocenters. The molecule has 23 heavy (non-hydrogen) atoms. The van der Waals surface area contributed by atoms with E-state index in [1.54, 1.807) is 6.07 Å². The lowest BCUT2D eigenvalue weighted by Gasteiger charge is -2.42. The van der Waals surface area contributed by atoms with Crippen molar-refractivity contribution in [2.75, 3.05) is 20.2 Å². The maximum Gasteiger partial charge on any atom is 0.179 e. The van der Waals surface area contributed by atoms with Gasteiger partial charge in [0.25, 0.3) is 0 Å². The number of phenolic OH excluding ortho intramolecular Hbond substituents is 1.